The van der Waals surface area contributed by atoms with Crippen LogP contribution in [0.3, 0.4) is 0 Å². The highest BCUT2D eigenvalue weighted by atomic mass is 16.5. The molecule has 7 nitrogen and oxygen atoms in total. The number of anilines is 1. The zero-order chi connectivity index (χ0) is 20.8. The summed E-state index contributed by atoms with van der Waals surface area (Å²) in [5.41, 5.74) is 1.41. The van der Waals surface area contributed by atoms with Crippen LogP contribution in [0.15, 0.2) is 52.9 Å². The molecule has 0 bridgehead atoms. The van der Waals surface area contributed by atoms with Gasteiger partial charge in [0.2, 0.25) is 0 Å². The van der Waals surface area contributed by atoms with Crippen LogP contribution >= 0.6 is 0 Å². The lowest BCUT2D eigenvalue weighted by Gasteiger charge is -2.11. The minimum absolute atomic E-state index is 0.194. The standard InChI is InChI=1S/C22H23NO6/c1-25-15-6-9-19(27-3)14(11-15)12-17-7-10-20(29-17)22(24)23-18-8-5-16(26-2)13-21(18)28-4/h5-11,13H,12H2,1-4H3,(H,23,24). The molecule has 0 spiro atoms. The van der Waals surface area contributed by atoms with Gasteiger partial charge in [-0.05, 0) is 42.5 Å². The molecule has 3 aromatic rings. The Morgan fingerprint density at radius 3 is 2.21 bits per heavy atom. The van der Waals surface area contributed by atoms with Crippen molar-refractivity contribution < 1.29 is 28.2 Å². The Morgan fingerprint density at radius 2 is 1.52 bits per heavy atom. The maximum atomic E-state index is 12.6. The number of rotatable bonds is 8. The van der Waals surface area contributed by atoms with Crippen LogP contribution in [0.5, 0.6) is 23.0 Å². The van der Waals surface area contributed by atoms with E-state index >= 15 is 0 Å². The first kappa shape index (κ1) is 20.1. The Morgan fingerprint density at radius 1 is 0.828 bits per heavy atom. The van der Waals surface area contributed by atoms with E-state index in [4.69, 9.17) is 23.4 Å². The smallest absolute Gasteiger partial charge is 0.291 e. The number of methoxy groups -OCH3 is 4. The van der Waals surface area contributed by atoms with Gasteiger partial charge in [-0.3, -0.25) is 4.79 Å². The maximum absolute atomic E-state index is 12.6. The van der Waals surface area contributed by atoms with Crippen molar-refractivity contribution in [1.82, 2.24) is 0 Å². The molecule has 1 aromatic heterocycles. The monoisotopic (exact) mass is 397 g/mol. The van der Waals surface area contributed by atoms with Crippen molar-refractivity contribution >= 4 is 11.6 Å². The minimum atomic E-state index is -0.377. The summed E-state index contributed by atoms with van der Waals surface area (Å²) in [7, 11) is 6.30. The van der Waals surface area contributed by atoms with Crippen molar-refractivity contribution in [3.05, 3.63) is 65.6 Å². The molecule has 3 rings (SSSR count). The van der Waals surface area contributed by atoms with Gasteiger partial charge in [0.15, 0.2) is 5.76 Å². The highest BCUT2D eigenvalue weighted by Gasteiger charge is 2.16. The van der Waals surface area contributed by atoms with Crippen LogP contribution < -0.4 is 24.3 Å². The quantitative estimate of drug-likeness (QED) is 0.615. The van der Waals surface area contributed by atoms with Crippen molar-refractivity contribution in [3.63, 3.8) is 0 Å². The van der Waals surface area contributed by atoms with E-state index in [0.29, 0.717) is 29.4 Å². The van der Waals surface area contributed by atoms with Gasteiger partial charge in [0.05, 0.1) is 34.1 Å². The molecule has 0 aliphatic carbocycles. The number of furan rings is 1. The van der Waals surface area contributed by atoms with Crippen LogP contribution in [0.4, 0.5) is 5.69 Å². The number of hydrogen-bond donors (Lipinski definition) is 1. The van der Waals surface area contributed by atoms with Gasteiger partial charge in [0, 0.05) is 18.1 Å². The van der Waals surface area contributed by atoms with Crippen LogP contribution in [0.2, 0.25) is 0 Å². The molecule has 0 atom stereocenters. The number of hydrogen-bond acceptors (Lipinski definition) is 6. The highest BCUT2D eigenvalue weighted by Crippen LogP contribution is 2.30. The van der Waals surface area contributed by atoms with Gasteiger partial charge in [-0.15, -0.1) is 0 Å². The third-order valence-corrected chi connectivity index (χ3v) is 4.39. The molecule has 0 aliphatic rings. The molecule has 1 N–H and O–H groups in total. The third-order valence-electron chi connectivity index (χ3n) is 4.39. The number of carbonyl (C=O) groups excluding carboxylic acids is 1. The first-order valence-corrected chi connectivity index (χ1v) is 8.91. The summed E-state index contributed by atoms with van der Waals surface area (Å²) in [5.74, 6) is 3.01. The fourth-order valence-electron chi connectivity index (χ4n) is 2.89. The van der Waals surface area contributed by atoms with Crippen molar-refractivity contribution in [2.75, 3.05) is 33.8 Å². The van der Waals surface area contributed by atoms with Gasteiger partial charge in [-0.2, -0.15) is 0 Å². The Hall–Kier alpha value is -3.61. The van der Waals surface area contributed by atoms with Gasteiger partial charge in [0.25, 0.3) is 5.91 Å². The number of benzene rings is 2. The summed E-state index contributed by atoms with van der Waals surface area (Å²) >= 11 is 0. The van der Waals surface area contributed by atoms with E-state index in [-0.39, 0.29) is 11.7 Å². The number of carbonyl (C=O) groups is 1. The summed E-state index contributed by atoms with van der Waals surface area (Å²) in [6.07, 6.45) is 0.458. The predicted octanol–water partition coefficient (Wildman–Crippen LogP) is 4.16. The molecule has 1 amide bonds. The van der Waals surface area contributed by atoms with E-state index in [1.54, 1.807) is 51.7 Å². The summed E-state index contributed by atoms with van der Waals surface area (Å²) in [6, 6.07) is 14.1. The number of amides is 1. The molecule has 2 aromatic carbocycles. The molecule has 29 heavy (non-hydrogen) atoms. The molecule has 1 heterocycles. The van der Waals surface area contributed by atoms with Crippen LogP contribution in [0.25, 0.3) is 0 Å². The summed E-state index contributed by atoms with van der Waals surface area (Å²) in [6.45, 7) is 0. The lowest BCUT2D eigenvalue weighted by Crippen LogP contribution is -2.11. The summed E-state index contributed by atoms with van der Waals surface area (Å²) in [4.78, 5) is 12.6. The maximum Gasteiger partial charge on any atom is 0.291 e. The molecule has 0 saturated heterocycles. The second-order valence-electron chi connectivity index (χ2n) is 6.14. The molecule has 0 aliphatic heterocycles. The van der Waals surface area contributed by atoms with E-state index in [1.165, 1.54) is 7.11 Å². The molecule has 0 unspecified atom stereocenters. The van der Waals surface area contributed by atoms with E-state index in [1.807, 2.05) is 18.2 Å². The van der Waals surface area contributed by atoms with Crippen molar-refractivity contribution in [1.29, 1.82) is 0 Å². The molecule has 0 radical (unpaired) electrons. The van der Waals surface area contributed by atoms with E-state index < -0.39 is 0 Å². The zero-order valence-electron chi connectivity index (χ0n) is 16.8. The van der Waals surface area contributed by atoms with Crippen LogP contribution in [0.1, 0.15) is 21.9 Å². The predicted molar refractivity (Wildman–Crippen MR) is 109 cm³/mol. The molecule has 152 valence electrons. The van der Waals surface area contributed by atoms with Gasteiger partial charge < -0.3 is 28.7 Å². The topological polar surface area (TPSA) is 79.2 Å². The highest BCUT2D eigenvalue weighted by molar-refractivity contribution is 6.03. The molecule has 0 fully saturated rings. The minimum Gasteiger partial charge on any atom is -0.497 e. The Balaban J connectivity index is 1.76. The van der Waals surface area contributed by atoms with Crippen molar-refractivity contribution in [3.8, 4) is 23.0 Å². The largest absolute Gasteiger partial charge is 0.497 e. The SMILES string of the molecule is COc1ccc(OC)c(Cc2ccc(C(=O)Nc3ccc(OC)cc3OC)o2)c1. The second kappa shape index (κ2) is 9.05. The van der Waals surface area contributed by atoms with Crippen LogP contribution in [-0.4, -0.2) is 34.3 Å². The van der Waals surface area contributed by atoms with Crippen LogP contribution in [0, 0.1) is 0 Å². The fourth-order valence-corrected chi connectivity index (χ4v) is 2.89. The Labute approximate surface area is 169 Å². The lowest BCUT2D eigenvalue weighted by atomic mass is 10.1. The van der Waals surface area contributed by atoms with Gasteiger partial charge >= 0.3 is 0 Å². The van der Waals surface area contributed by atoms with Crippen molar-refractivity contribution in [2.24, 2.45) is 0 Å². The lowest BCUT2D eigenvalue weighted by molar-refractivity contribution is 0.0994. The fraction of sp³-hybridized carbons (Fsp3) is 0.227. The van der Waals surface area contributed by atoms with Gasteiger partial charge in [-0.25, -0.2) is 0 Å². The summed E-state index contributed by atoms with van der Waals surface area (Å²) in [5, 5.41) is 2.79. The van der Waals surface area contributed by atoms with E-state index in [0.717, 1.165) is 17.1 Å². The van der Waals surface area contributed by atoms with Crippen molar-refractivity contribution in [2.45, 2.75) is 6.42 Å². The average molecular weight is 397 g/mol. The third kappa shape index (κ3) is 4.63. The first-order chi connectivity index (χ1) is 14.1. The van der Waals surface area contributed by atoms with E-state index in [2.05, 4.69) is 5.32 Å². The normalized spacial score (nSPS) is 10.3. The first-order valence-electron chi connectivity index (χ1n) is 8.91. The summed E-state index contributed by atoms with van der Waals surface area (Å²) < 4.78 is 26.9. The number of nitrogens with one attached hydrogen (secondary N) is 1. The molecular weight excluding hydrogens is 374 g/mol. The van der Waals surface area contributed by atoms with E-state index in [9.17, 15) is 4.79 Å². The molecular formula is C22H23NO6. The molecule has 7 heteroatoms. The van der Waals surface area contributed by atoms with Crippen LogP contribution in [-0.2, 0) is 6.42 Å². The molecule has 0 saturated carbocycles. The Kier molecular flexibility index (Phi) is 6.29. The zero-order valence-corrected chi connectivity index (χ0v) is 16.8. The Bertz CT molecular complexity index is 995. The number of ether oxygens (including phenoxy) is 4. The second-order valence-corrected chi connectivity index (χ2v) is 6.14. The van der Waals surface area contributed by atoms with Gasteiger partial charge in [0.1, 0.15) is 28.8 Å². The van der Waals surface area contributed by atoms with Gasteiger partial charge in [-0.1, -0.05) is 0 Å². The average Bonchev–Trinajstić information content (AvgIpc) is 3.22.